The van der Waals surface area contributed by atoms with Crippen LogP contribution in [-0.2, 0) is 10.9 Å². The maximum atomic E-state index is 12.8. The fraction of sp³-hybridized carbons (Fsp3) is 0.538. The lowest BCUT2D eigenvalue weighted by molar-refractivity contribution is -0.141. The Labute approximate surface area is 119 Å². The molecule has 0 aliphatic carbocycles. The fourth-order valence-electron chi connectivity index (χ4n) is 2.26. The lowest BCUT2D eigenvalue weighted by atomic mass is 10.0. The van der Waals surface area contributed by atoms with Crippen LogP contribution < -0.4 is 10.6 Å². The number of hydrogen-bond donors (Lipinski definition) is 1. The van der Waals surface area contributed by atoms with Gasteiger partial charge in [-0.1, -0.05) is 0 Å². The number of halogens is 3. The van der Waals surface area contributed by atoms with Gasteiger partial charge in [-0.05, 0) is 26.0 Å². The van der Waals surface area contributed by atoms with E-state index in [1.807, 2.05) is 0 Å². The summed E-state index contributed by atoms with van der Waals surface area (Å²) in [5.74, 6) is -0.862. The Balaban J connectivity index is 2.55. The molecule has 5 nitrogen and oxygen atoms in total. The molecule has 1 aromatic rings. The fourth-order valence-corrected chi connectivity index (χ4v) is 2.26. The maximum Gasteiger partial charge on any atom is 0.433 e. The Morgan fingerprint density at radius 1 is 1.43 bits per heavy atom. The molecular formula is C13H16F3N3O2. The summed E-state index contributed by atoms with van der Waals surface area (Å²) in [7, 11) is 0. The number of alkyl halides is 3. The number of rotatable bonds is 2. The van der Waals surface area contributed by atoms with Crippen molar-refractivity contribution >= 4 is 11.7 Å². The lowest BCUT2D eigenvalue weighted by Gasteiger charge is -2.43. The molecule has 1 aliphatic heterocycles. The van der Waals surface area contributed by atoms with Crippen molar-refractivity contribution in [3.05, 3.63) is 23.4 Å². The van der Waals surface area contributed by atoms with Crippen LogP contribution in [0, 0.1) is 0 Å². The zero-order chi connectivity index (χ0) is 15.8. The van der Waals surface area contributed by atoms with Gasteiger partial charge in [0.05, 0.1) is 24.3 Å². The SMILES string of the molecule is CC1(C)COCCN1c1nc(C(F)(F)F)ccc1C(N)=O. The minimum Gasteiger partial charge on any atom is -0.377 e. The first kappa shape index (κ1) is 15.6. The first-order chi connectivity index (χ1) is 9.63. The summed E-state index contributed by atoms with van der Waals surface area (Å²) in [6.45, 7) is 4.61. The van der Waals surface area contributed by atoms with E-state index in [2.05, 4.69) is 4.98 Å². The molecule has 8 heteroatoms. The number of nitrogens with zero attached hydrogens (tertiary/aromatic N) is 2. The van der Waals surface area contributed by atoms with Crippen molar-refractivity contribution in [2.24, 2.45) is 5.73 Å². The highest BCUT2D eigenvalue weighted by Crippen LogP contribution is 2.33. The molecule has 2 heterocycles. The molecule has 1 aliphatic rings. The number of carbonyl (C=O) groups is 1. The van der Waals surface area contributed by atoms with Gasteiger partial charge in [0, 0.05) is 6.54 Å². The van der Waals surface area contributed by atoms with Crippen molar-refractivity contribution in [2.75, 3.05) is 24.7 Å². The predicted octanol–water partition coefficient (Wildman–Crippen LogP) is 1.81. The molecule has 0 unspecified atom stereocenters. The number of hydrogen-bond acceptors (Lipinski definition) is 4. The van der Waals surface area contributed by atoms with E-state index >= 15 is 0 Å². The summed E-state index contributed by atoms with van der Waals surface area (Å²) in [5.41, 5.74) is 3.59. The number of carbonyl (C=O) groups excluding carboxylic acids is 1. The van der Waals surface area contributed by atoms with Crippen molar-refractivity contribution in [3.63, 3.8) is 0 Å². The second-order valence-corrected chi connectivity index (χ2v) is 5.45. The molecule has 0 atom stereocenters. The molecule has 2 rings (SSSR count). The van der Waals surface area contributed by atoms with E-state index in [0.717, 1.165) is 12.1 Å². The number of aromatic nitrogens is 1. The van der Waals surface area contributed by atoms with Crippen LogP contribution in [0.3, 0.4) is 0 Å². The van der Waals surface area contributed by atoms with Crippen molar-refractivity contribution in [1.29, 1.82) is 0 Å². The van der Waals surface area contributed by atoms with Gasteiger partial charge in [0.2, 0.25) is 0 Å². The van der Waals surface area contributed by atoms with Crippen molar-refractivity contribution in [3.8, 4) is 0 Å². The van der Waals surface area contributed by atoms with Gasteiger partial charge in [-0.3, -0.25) is 4.79 Å². The van der Waals surface area contributed by atoms with Gasteiger partial charge in [-0.2, -0.15) is 13.2 Å². The van der Waals surface area contributed by atoms with Crippen LogP contribution in [0.15, 0.2) is 12.1 Å². The minimum atomic E-state index is -4.58. The number of nitrogens with two attached hydrogens (primary N) is 1. The average Bonchev–Trinajstić information content (AvgIpc) is 2.36. The van der Waals surface area contributed by atoms with E-state index in [9.17, 15) is 18.0 Å². The van der Waals surface area contributed by atoms with Crippen molar-refractivity contribution in [2.45, 2.75) is 25.6 Å². The number of pyridine rings is 1. The Hall–Kier alpha value is -1.83. The van der Waals surface area contributed by atoms with Gasteiger partial charge in [0.1, 0.15) is 11.5 Å². The van der Waals surface area contributed by atoms with Crippen LogP contribution in [0.1, 0.15) is 29.9 Å². The molecule has 2 N–H and O–H groups in total. The molecule has 0 spiro atoms. The highest BCUT2D eigenvalue weighted by Gasteiger charge is 2.37. The molecule has 1 aromatic heterocycles. The highest BCUT2D eigenvalue weighted by atomic mass is 19.4. The zero-order valence-corrected chi connectivity index (χ0v) is 11.7. The van der Waals surface area contributed by atoms with Gasteiger partial charge < -0.3 is 15.4 Å². The molecule has 0 saturated carbocycles. The quantitative estimate of drug-likeness (QED) is 0.905. The third kappa shape index (κ3) is 3.10. The number of amides is 1. The summed E-state index contributed by atoms with van der Waals surface area (Å²) in [4.78, 5) is 16.7. The summed E-state index contributed by atoms with van der Waals surface area (Å²) >= 11 is 0. The second-order valence-electron chi connectivity index (χ2n) is 5.45. The molecule has 0 aromatic carbocycles. The topological polar surface area (TPSA) is 68.4 Å². The van der Waals surface area contributed by atoms with Crippen molar-refractivity contribution < 1.29 is 22.7 Å². The Kier molecular flexibility index (Phi) is 3.83. The summed E-state index contributed by atoms with van der Waals surface area (Å²) in [6.07, 6.45) is -4.58. The summed E-state index contributed by atoms with van der Waals surface area (Å²) in [5, 5.41) is 0. The standard InChI is InChI=1S/C13H16F3N3O2/c1-12(2)7-21-6-5-19(12)11-8(10(17)20)3-4-9(18-11)13(14,15)16/h3-4H,5-7H2,1-2H3,(H2,17,20). The van der Waals surface area contributed by atoms with Crippen LogP contribution in [-0.4, -0.2) is 36.2 Å². The number of primary amides is 1. The first-order valence-corrected chi connectivity index (χ1v) is 6.36. The summed E-state index contributed by atoms with van der Waals surface area (Å²) < 4.78 is 43.8. The van der Waals surface area contributed by atoms with Crippen LogP contribution >= 0.6 is 0 Å². The Morgan fingerprint density at radius 3 is 2.62 bits per heavy atom. The number of anilines is 1. The first-order valence-electron chi connectivity index (χ1n) is 6.36. The highest BCUT2D eigenvalue weighted by molar-refractivity contribution is 5.97. The van der Waals surface area contributed by atoms with Crippen LogP contribution in [0.4, 0.5) is 19.0 Å². The molecule has 1 saturated heterocycles. The van der Waals surface area contributed by atoms with Gasteiger partial charge in [0.25, 0.3) is 5.91 Å². The van der Waals surface area contributed by atoms with Gasteiger partial charge in [-0.25, -0.2) is 4.98 Å². The minimum absolute atomic E-state index is 0.0297. The van der Waals surface area contributed by atoms with Crippen LogP contribution in [0.5, 0.6) is 0 Å². The zero-order valence-electron chi connectivity index (χ0n) is 11.7. The summed E-state index contributed by atoms with van der Waals surface area (Å²) in [6, 6.07) is 1.83. The van der Waals surface area contributed by atoms with E-state index in [-0.39, 0.29) is 11.4 Å². The molecule has 116 valence electrons. The van der Waals surface area contributed by atoms with E-state index in [1.165, 1.54) is 0 Å². The Bertz CT molecular complexity index is 558. The number of ether oxygens (including phenoxy) is 1. The van der Waals surface area contributed by atoms with Gasteiger partial charge >= 0.3 is 6.18 Å². The monoisotopic (exact) mass is 303 g/mol. The van der Waals surface area contributed by atoms with E-state index < -0.39 is 23.3 Å². The average molecular weight is 303 g/mol. The third-order valence-corrected chi connectivity index (χ3v) is 3.33. The third-order valence-electron chi connectivity index (χ3n) is 3.33. The van der Waals surface area contributed by atoms with Crippen molar-refractivity contribution in [1.82, 2.24) is 4.98 Å². The van der Waals surface area contributed by atoms with E-state index in [1.54, 1.807) is 18.7 Å². The molecule has 21 heavy (non-hydrogen) atoms. The van der Waals surface area contributed by atoms with E-state index in [4.69, 9.17) is 10.5 Å². The molecular weight excluding hydrogens is 287 g/mol. The number of morpholine rings is 1. The van der Waals surface area contributed by atoms with Crippen LogP contribution in [0.2, 0.25) is 0 Å². The van der Waals surface area contributed by atoms with Gasteiger partial charge in [0.15, 0.2) is 0 Å². The predicted molar refractivity (Wildman–Crippen MR) is 70.0 cm³/mol. The largest absolute Gasteiger partial charge is 0.433 e. The molecule has 0 bridgehead atoms. The van der Waals surface area contributed by atoms with Crippen LogP contribution in [0.25, 0.3) is 0 Å². The van der Waals surface area contributed by atoms with Gasteiger partial charge in [-0.15, -0.1) is 0 Å². The normalized spacial score (nSPS) is 18.6. The van der Waals surface area contributed by atoms with E-state index in [0.29, 0.717) is 19.8 Å². The molecule has 0 radical (unpaired) electrons. The molecule has 1 amide bonds. The smallest absolute Gasteiger partial charge is 0.377 e. The lowest BCUT2D eigenvalue weighted by Crippen LogP contribution is -2.54. The second kappa shape index (κ2) is 5.18. The molecule has 1 fully saturated rings. The Morgan fingerprint density at radius 2 is 2.10 bits per heavy atom. The maximum absolute atomic E-state index is 12.8.